The van der Waals surface area contributed by atoms with Crippen molar-refractivity contribution in [2.45, 2.75) is 89.9 Å². The molecule has 3 aromatic carbocycles. The molecule has 34 heavy (non-hydrogen) atoms. The van der Waals surface area contributed by atoms with Crippen LogP contribution in [0.25, 0.3) is 11.1 Å². The molecule has 2 unspecified atom stereocenters. The summed E-state index contributed by atoms with van der Waals surface area (Å²) in [6.45, 7) is 8.73. The Labute approximate surface area is 206 Å². The summed E-state index contributed by atoms with van der Waals surface area (Å²) in [5.41, 5.74) is 5.04. The molecule has 1 aliphatic rings. The molecule has 0 spiro atoms. The first-order valence-corrected chi connectivity index (χ1v) is 13.1. The third kappa shape index (κ3) is 5.55. The van der Waals surface area contributed by atoms with Crippen LogP contribution in [0.1, 0.15) is 83.3 Å². The molecule has 180 valence electrons. The standard InChI is InChI=1S/C32H40O2/c1-5-25(4)26-16-20-30(21-17-26)34-31(33-24(2)3)32(22-10-7-11-23-32)29-18-14-28(15-19-29)27-12-8-6-9-13-27/h6,8-9,12-21,24-25,31H,5,7,10-11,22-23H2,1-4H3. The average Bonchev–Trinajstić information content (AvgIpc) is 2.89. The molecule has 0 radical (unpaired) electrons. The van der Waals surface area contributed by atoms with Gasteiger partial charge in [-0.3, -0.25) is 0 Å². The minimum absolute atomic E-state index is 0.0896. The summed E-state index contributed by atoms with van der Waals surface area (Å²) in [5, 5.41) is 0. The Bertz CT molecular complexity index is 999. The van der Waals surface area contributed by atoms with Gasteiger partial charge in [-0.1, -0.05) is 99.8 Å². The lowest BCUT2D eigenvalue weighted by Gasteiger charge is -2.44. The fraction of sp³-hybridized carbons (Fsp3) is 0.438. The summed E-state index contributed by atoms with van der Waals surface area (Å²) in [6.07, 6.45) is 6.77. The number of ether oxygens (including phenoxy) is 2. The van der Waals surface area contributed by atoms with Crippen LogP contribution in [-0.2, 0) is 10.2 Å². The van der Waals surface area contributed by atoms with Crippen molar-refractivity contribution in [2.75, 3.05) is 0 Å². The Morgan fingerprint density at radius 1 is 0.735 bits per heavy atom. The Hall–Kier alpha value is -2.58. The van der Waals surface area contributed by atoms with E-state index in [0.29, 0.717) is 5.92 Å². The summed E-state index contributed by atoms with van der Waals surface area (Å²) in [6, 6.07) is 28.4. The maximum atomic E-state index is 6.68. The Morgan fingerprint density at radius 3 is 1.94 bits per heavy atom. The molecule has 0 aromatic heterocycles. The van der Waals surface area contributed by atoms with Gasteiger partial charge in [-0.25, -0.2) is 0 Å². The van der Waals surface area contributed by atoms with Gasteiger partial charge in [0.05, 0.1) is 11.5 Å². The summed E-state index contributed by atoms with van der Waals surface area (Å²) in [5.74, 6) is 1.45. The first-order chi connectivity index (χ1) is 16.5. The fourth-order valence-electron chi connectivity index (χ4n) is 5.22. The lowest BCUT2D eigenvalue weighted by atomic mass is 9.68. The highest BCUT2D eigenvalue weighted by molar-refractivity contribution is 5.63. The molecule has 2 heteroatoms. The molecule has 4 rings (SSSR count). The smallest absolute Gasteiger partial charge is 0.209 e. The summed E-state index contributed by atoms with van der Waals surface area (Å²) < 4.78 is 13.2. The van der Waals surface area contributed by atoms with Crippen molar-refractivity contribution < 1.29 is 9.47 Å². The topological polar surface area (TPSA) is 18.5 Å². The maximum Gasteiger partial charge on any atom is 0.209 e. The van der Waals surface area contributed by atoms with Crippen molar-refractivity contribution in [3.63, 3.8) is 0 Å². The highest BCUT2D eigenvalue weighted by Crippen LogP contribution is 2.45. The third-order valence-corrected chi connectivity index (χ3v) is 7.46. The molecule has 1 aliphatic carbocycles. The van der Waals surface area contributed by atoms with Crippen LogP contribution in [0.4, 0.5) is 0 Å². The second-order valence-corrected chi connectivity index (χ2v) is 10.2. The van der Waals surface area contributed by atoms with E-state index in [9.17, 15) is 0 Å². The first-order valence-electron chi connectivity index (χ1n) is 13.1. The van der Waals surface area contributed by atoms with Crippen molar-refractivity contribution in [1.82, 2.24) is 0 Å². The SMILES string of the molecule is CCC(C)c1ccc(OC(OC(C)C)C2(c3ccc(-c4ccccc4)cc3)CCCCC2)cc1. The van der Waals surface area contributed by atoms with E-state index in [0.717, 1.165) is 25.0 Å². The molecule has 0 N–H and O–H groups in total. The molecule has 0 saturated heterocycles. The van der Waals surface area contributed by atoms with E-state index < -0.39 is 0 Å². The van der Waals surface area contributed by atoms with Gasteiger partial charge in [0.15, 0.2) is 0 Å². The lowest BCUT2D eigenvalue weighted by molar-refractivity contribution is -0.159. The van der Waals surface area contributed by atoms with Gasteiger partial charge in [0.25, 0.3) is 0 Å². The van der Waals surface area contributed by atoms with Gasteiger partial charge in [-0.15, -0.1) is 0 Å². The highest BCUT2D eigenvalue weighted by Gasteiger charge is 2.44. The normalized spacial score (nSPS) is 17.3. The van der Waals surface area contributed by atoms with Crippen LogP contribution in [0.15, 0.2) is 78.9 Å². The van der Waals surface area contributed by atoms with Gasteiger partial charge in [-0.2, -0.15) is 0 Å². The monoisotopic (exact) mass is 456 g/mol. The van der Waals surface area contributed by atoms with E-state index in [-0.39, 0.29) is 17.8 Å². The average molecular weight is 457 g/mol. The van der Waals surface area contributed by atoms with E-state index in [1.165, 1.54) is 41.5 Å². The van der Waals surface area contributed by atoms with Crippen molar-refractivity contribution in [1.29, 1.82) is 0 Å². The van der Waals surface area contributed by atoms with E-state index >= 15 is 0 Å². The molecule has 0 heterocycles. The van der Waals surface area contributed by atoms with Crippen LogP contribution in [0, 0.1) is 0 Å². The van der Waals surface area contributed by atoms with Gasteiger partial charge in [0.1, 0.15) is 5.75 Å². The van der Waals surface area contributed by atoms with E-state index in [1.54, 1.807) is 0 Å². The molecule has 0 aliphatic heterocycles. The lowest BCUT2D eigenvalue weighted by Crippen LogP contribution is -2.47. The summed E-state index contributed by atoms with van der Waals surface area (Å²) in [4.78, 5) is 0. The van der Waals surface area contributed by atoms with Gasteiger partial charge in [0, 0.05) is 0 Å². The number of rotatable bonds is 9. The van der Waals surface area contributed by atoms with Crippen molar-refractivity contribution in [2.24, 2.45) is 0 Å². The Balaban J connectivity index is 1.65. The van der Waals surface area contributed by atoms with Gasteiger partial charge >= 0.3 is 0 Å². The van der Waals surface area contributed by atoms with Crippen molar-refractivity contribution in [3.8, 4) is 16.9 Å². The molecule has 0 amide bonds. The van der Waals surface area contributed by atoms with Crippen LogP contribution in [-0.4, -0.2) is 12.4 Å². The minimum Gasteiger partial charge on any atom is -0.464 e. The van der Waals surface area contributed by atoms with Crippen LogP contribution in [0.2, 0.25) is 0 Å². The summed E-state index contributed by atoms with van der Waals surface area (Å²) in [7, 11) is 0. The van der Waals surface area contributed by atoms with Crippen molar-refractivity contribution >= 4 is 0 Å². The largest absolute Gasteiger partial charge is 0.464 e. The zero-order chi connectivity index (χ0) is 24.0. The van der Waals surface area contributed by atoms with E-state index in [2.05, 4.69) is 107 Å². The van der Waals surface area contributed by atoms with Crippen LogP contribution in [0.5, 0.6) is 5.75 Å². The molecule has 1 fully saturated rings. The van der Waals surface area contributed by atoms with Crippen LogP contribution >= 0.6 is 0 Å². The predicted molar refractivity (Wildman–Crippen MR) is 142 cm³/mol. The van der Waals surface area contributed by atoms with Gasteiger partial charge < -0.3 is 9.47 Å². The van der Waals surface area contributed by atoms with Crippen LogP contribution < -0.4 is 4.74 Å². The van der Waals surface area contributed by atoms with E-state index in [1.807, 2.05) is 0 Å². The number of benzene rings is 3. The summed E-state index contributed by atoms with van der Waals surface area (Å²) >= 11 is 0. The number of hydrogen-bond donors (Lipinski definition) is 0. The molecule has 2 nitrogen and oxygen atoms in total. The minimum atomic E-state index is -0.315. The van der Waals surface area contributed by atoms with Crippen molar-refractivity contribution in [3.05, 3.63) is 90.0 Å². The Morgan fingerprint density at radius 2 is 1.35 bits per heavy atom. The third-order valence-electron chi connectivity index (χ3n) is 7.46. The maximum absolute atomic E-state index is 6.68. The fourth-order valence-corrected chi connectivity index (χ4v) is 5.22. The van der Waals surface area contributed by atoms with E-state index in [4.69, 9.17) is 9.47 Å². The quantitative estimate of drug-likeness (QED) is 0.299. The molecular formula is C32H40O2. The highest BCUT2D eigenvalue weighted by atomic mass is 16.7. The molecule has 3 aromatic rings. The second kappa shape index (κ2) is 11.2. The second-order valence-electron chi connectivity index (χ2n) is 10.2. The van der Waals surface area contributed by atoms with Gasteiger partial charge in [0.2, 0.25) is 6.29 Å². The van der Waals surface area contributed by atoms with Gasteiger partial charge in [-0.05, 0) is 73.4 Å². The molecule has 2 atom stereocenters. The molecule has 0 bridgehead atoms. The van der Waals surface area contributed by atoms with Crippen LogP contribution in [0.3, 0.4) is 0 Å². The predicted octanol–water partition coefficient (Wildman–Crippen LogP) is 8.90. The Kier molecular flexibility index (Phi) is 8.11. The first kappa shape index (κ1) is 24.5. The molecular weight excluding hydrogens is 416 g/mol. The zero-order valence-electron chi connectivity index (χ0n) is 21.3. The number of hydrogen-bond acceptors (Lipinski definition) is 2. The molecule has 1 saturated carbocycles. The zero-order valence-corrected chi connectivity index (χ0v) is 21.3.